The Morgan fingerprint density at radius 3 is 2.83 bits per heavy atom. The molecule has 3 unspecified atom stereocenters. The number of ether oxygens (including phenoxy) is 1. The third kappa shape index (κ3) is 3.30. The van der Waals surface area contributed by atoms with Crippen molar-refractivity contribution in [3.05, 3.63) is 30.1 Å². The SMILES string of the molecule is CCCNC(C1CCOC1)C(C)c1ccncc1. The van der Waals surface area contributed by atoms with Gasteiger partial charge >= 0.3 is 0 Å². The largest absolute Gasteiger partial charge is 0.381 e. The molecule has 3 heteroatoms. The van der Waals surface area contributed by atoms with Crippen molar-refractivity contribution < 1.29 is 4.74 Å². The van der Waals surface area contributed by atoms with Gasteiger partial charge in [-0.3, -0.25) is 4.98 Å². The van der Waals surface area contributed by atoms with Gasteiger partial charge in [-0.25, -0.2) is 0 Å². The molecule has 1 aromatic rings. The van der Waals surface area contributed by atoms with Gasteiger partial charge in [0, 0.05) is 31.0 Å². The van der Waals surface area contributed by atoms with Crippen molar-refractivity contribution in [2.24, 2.45) is 5.92 Å². The van der Waals surface area contributed by atoms with Gasteiger partial charge in [0.1, 0.15) is 0 Å². The van der Waals surface area contributed by atoms with Crippen molar-refractivity contribution in [3.8, 4) is 0 Å². The lowest BCUT2D eigenvalue weighted by Gasteiger charge is -2.30. The van der Waals surface area contributed by atoms with Crippen LogP contribution in [0.4, 0.5) is 0 Å². The molecule has 1 fully saturated rings. The number of hydrogen-bond donors (Lipinski definition) is 1. The summed E-state index contributed by atoms with van der Waals surface area (Å²) < 4.78 is 5.55. The van der Waals surface area contributed by atoms with Crippen LogP contribution in [0.1, 0.15) is 38.2 Å². The normalized spacial score (nSPS) is 22.9. The summed E-state index contributed by atoms with van der Waals surface area (Å²) in [7, 11) is 0. The maximum atomic E-state index is 5.55. The van der Waals surface area contributed by atoms with Gasteiger partial charge in [0.15, 0.2) is 0 Å². The number of nitrogens with one attached hydrogen (secondary N) is 1. The Morgan fingerprint density at radius 2 is 2.22 bits per heavy atom. The minimum absolute atomic E-state index is 0.506. The second-order valence-electron chi connectivity index (χ2n) is 5.17. The number of aromatic nitrogens is 1. The van der Waals surface area contributed by atoms with E-state index in [9.17, 15) is 0 Å². The van der Waals surface area contributed by atoms with E-state index in [0.717, 1.165) is 19.8 Å². The van der Waals surface area contributed by atoms with Crippen LogP contribution < -0.4 is 5.32 Å². The predicted molar refractivity (Wildman–Crippen MR) is 73.7 cm³/mol. The van der Waals surface area contributed by atoms with E-state index < -0.39 is 0 Å². The fourth-order valence-corrected chi connectivity index (χ4v) is 2.77. The summed E-state index contributed by atoms with van der Waals surface area (Å²) in [6.45, 7) is 7.42. The van der Waals surface area contributed by atoms with Gasteiger partial charge in [0.05, 0.1) is 6.61 Å². The maximum Gasteiger partial charge on any atom is 0.0510 e. The van der Waals surface area contributed by atoms with E-state index in [1.54, 1.807) is 0 Å². The fraction of sp³-hybridized carbons (Fsp3) is 0.667. The maximum absolute atomic E-state index is 5.55. The second-order valence-corrected chi connectivity index (χ2v) is 5.17. The van der Waals surface area contributed by atoms with Gasteiger partial charge in [-0.05, 0) is 43.0 Å². The lowest BCUT2D eigenvalue weighted by Crippen LogP contribution is -2.41. The van der Waals surface area contributed by atoms with E-state index in [2.05, 4.69) is 36.3 Å². The Bertz CT molecular complexity index is 336. The molecule has 3 nitrogen and oxygen atoms in total. The summed E-state index contributed by atoms with van der Waals surface area (Å²) in [5.74, 6) is 1.14. The highest BCUT2D eigenvalue weighted by Gasteiger charge is 2.30. The molecule has 0 aromatic carbocycles. The number of pyridine rings is 1. The van der Waals surface area contributed by atoms with E-state index in [1.165, 1.54) is 18.4 Å². The highest BCUT2D eigenvalue weighted by atomic mass is 16.5. The monoisotopic (exact) mass is 248 g/mol. The Hall–Kier alpha value is -0.930. The molecule has 0 saturated carbocycles. The summed E-state index contributed by atoms with van der Waals surface area (Å²) in [5, 5.41) is 3.71. The molecule has 1 saturated heterocycles. The molecule has 0 spiro atoms. The van der Waals surface area contributed by atoms with E-state index in [1.807, 2.05) is 12.4 Å². The van der Waals surface area contributed by atoms with Gasteiger partial charge in [0.2, 0.25) is 0 Å². The summed E-state index contributed by atoms with van der Waals surface area (Å²) in [5.41, 5.74) is 1.37. The topological polar surface area (TPSA) is 34.1 Å². The average molecular weight is 248 g/mol. The van der Waals surface area contributed by atoms with Crippen LogP contribution in [0.2, 0.25) is 0 Å². The third-order valence-corrected chi connectivity index (χ3v) is 3.87. The molecular weight excluding hydrogens is 224 g/mol. The zero-order valence-electron chi connectivity index (χ0n) is 11.4. The molecule has 3 atom stereocenters. The first-order valence-corrected chi connectivity index (χ1v) is 7.04. The van der Waals surface area contributed by atoms with Gasteiger partial charge < -0.3 is 10.1 Å². The zero-order chi connectivity index (χ0) is 12.8. The molecule has 0 amide bonds. The van der Waals surface area contributed by atoms with Crippen LogP contribution in [0, 0.1) is 5.92 Å². The average Bonchev–Trinajstić information content (AvgIpc) is 2.94. The highest BCUT2D eigenvalue weighted by molar-refractivity contribution is 5.17. The molecule has 1 N–H and O–H groups in total. The van der Waals surface area contributed by atoms with Gasteiger partial charge in [-0.2, -0.15) is 0 Å². The smallest absolute Gasteiger partial charge is 0.0510 e. The van der Waals surface area contributed by atoms with Crippen molar-refractivity contribution in [3.63, 3.8) is 0 Å². The highest BCUT2D eigenvalue weighted by Crippen LogP contribution is 2.28. The van der Waals surface area contributed by atoms with Crippen molar-refractivity contribution in [2.75, 3.05) is 19.8 Å². The van der Waals surface area contributed by atoms with Crippen LogP contribution >= 0.6 is 0 Å². The third-order valence-electron chi connectivity index (χ3n) is 3.87. The number of hydrogen-bond acceptors (Lipinski definition) is 3. The molecule has 100 valence electrons. The molecule has 2 heterocycles. The van der Waals surface area contributed by atoms with Crippen LogP contribution in [-0.2, 0) is 4.74 Å². The second kappa shape index (κ2) is 6.86. The van der Waals surface area contributed by atoms with E-state index in [-0.39, 0.29) is 0 Å². The molecule has 0 radical (unpaired) electrons. The van der Waals surface area contributed by atoms with E-state index in [4.69, 9.17) is 4.74 Å². The first-order chi connectivity index (χ1) is 8.83. The summed E-state index contributed by atoms with van der Waals surface area (Å²) in [6, 6.07) is 4.76. The molecule has 18 heavy (non-hydrogen) atoms. The molecule has 1 aromatic heterocycles. The lowest BCUT2D eigenvalue weighted by atomic mass is 9.84. The molecule has 0 aliphatic carbocycles. The van der Waals surface area contributed by atoms with Crippen LogP contribution in [0.25, 0.3) is 0 Å². The molecule has 2 rings (SSSR count). The minimum atomic E-state index is 0.506. The molecule has 1 aliphatic rings. The minimum Gasteiger partial charge on any atom is -0.381 e. The Morgan fingerprint density at radius 1 is 1.44 bits per heavy atom. The van der Waals surface area contributed by atoms with Crippen molar-refractivity contribution >= 4 is 0 Å². The Balaban J connectivity index is 2.07. The van der Waals surface area contributed by atoms with Crippen molar-refractivity contribution in [1.29, 1.82) is 0 Å². The fourth-order valence-electron chi connectivity index (χ4n) is 2.77. The number of rotatable bonds is 6. The van der Waals surface area contributed by atoms with Crippen LogP contribution in [0.3, 0.4) is 0 Å². The zero-order valence-corrected chi connectivity index (χ0v) is 11.4. The summed E-state index contributed by atoms with van der Waals surface area (Å²) in [4.78, 5) is 4.10. The first kappa shape index (κ1) is 13.5. The number of nitrogens with zero attached hydrogens (tertiary/aromatic N) is 1. The van der Waals surface area contributed by atoms with E-state index >= 15 is 0 Å². The summed E-state index contributed by atoms with van der Waals surface area (Å²) >= 11 is 0. The predicted octanol–water partition coefficient (Wildman–Crippen LogP) is 2.59. The van der Waals surface area contributed by atoms with E-state index in [0.29, 0.717) is 17.9 Å². The Labute approximate surface area is 110 Å². The molecule has 1 aliphatic heterocycles. The molecular formula is C15H24N2O. The van der Waals surface area contributed by atoms with Crippen LogP contribution in [-0.4, -0.2) is 30.8 Å². The van der Waals surface area contributed by atoms with Crippen LogP contribution in [0.5, 0.6) is 0 Å². The summed E-state index contributed by atoms with van der Waals surface area (Å²) in [6.07, 6.45) is 6.12. The first-order valence-electron chi connectivity index (χ1n) is 7.04. The van der Waals surface area contributed by atoms with Gasteiger partial charge in [-0.1, -0.05) is 13.8 Å². The quantitative estimate of drug-likeness (QED) is 0.840. The van der Waals surface area contributed by atoms with Crippen LogP contribution in [0.15, 0.2) is 24.5 Å². The lowest BCUT2D eigenvalue weighted by molar-refractivity contribution is 0.173. The molecule has 0 bridgehead atoms. The van der Waals surface area contributed by atoms with Crippen molar-refractivity contribution in [2.45, 2.75) is 38.6 Å². The van der Waals surface area contributed by atoms with Crippen molar-refractivity contribution in [1.82, 2.24) is 10.3 Å². The van der Waals surface area contributed by atoms with Gasteiger partial charge in [0.25, 0.3) is 0 Å². The standard InChI is InChI=1S/C15H24N2O/c1-3-7-17-15(14-6-10-18-11-14)12(2)13-4-8-16-9-5-13/h4-5,8-9,12,14-15,17H,3,6-7,10-11H2,1-2H3. The Kier molecular flexibility index (Phi) is 5.14. The van der Waals surface area contributed by atoms with Gasteiger partial charge in [-0.15, -0.1) is 0 Å².